The minimum atomic E-state index is -1.20. The molecule has 0 saturated carbocycles. The number of carbonyl (C=O) groups excluding carboxylic acids is 2. The predicted octanol–water partition coefficient (Wildman–Crippen LogP) is 2.68. The molecule has 136 valence electrons. The molecule has 1 N–H and O–H groups in total. The Bertz CT molecular complexity index is 809. The van der Waals surface area contributed by atoms with Crippen molar-refractivity contribution >= 4 is 23.3 Å². The minimum absolute atomic E-state index is 0.00652. The SMILES string of the molecule is C[C@@H](OC(=O)COc1ccc(F)cc1)C(=O)Nc1ccccc1[N+](=O)[O-]. The molecule has 1 atom stereocenters. The van der Waals surface area contributed by atoms with Crippen LogP contribution in [0.1, 0.15) is 6.92 Å². The van der Waals surface area contributed by atoms with Crippen molar-refractivity contribution in [2.45, 2.75) is 13.0 Å². The van der Waals surface area contributed by atoms with Crippen LogP contribution < -0.4 is 10.1 Å². The molecule has 8 nitrogen and oxygen atoms in total. The number of esters is 1. The number of nitro groups is 1. The largest absolute Gasteiger partial charge is 0.482 e. The van der Waals surface area contributed by atoms with Crippen LogP contribution in [0.25, 0.3) is 0 Å². The monoisotopic (exact) mass is 362 g/mol. The van der Waals surface area contributed by atoms with Crippen molar-refractivity contribution in [1.82, 2.24) is 0 Å². The number of benzene rings is 2. The van der Waals surface area contributed by atoms with E-state index in [2.05, 4.69) is 5.32 Å². The summed E-state index contributed by atoms with van der Waals surface area (Å²) in [6, 6.07) is 10.6. The van der Waals surface area contributed by atoms with Gasteiger partial charge in [-0.2, -0.15) is 0 Å². The summed E-state index contributed by atoms with van der Waals surface area (Å²) in [5.74, 6) is -1.73. The number of nitro benzene ring substituents is 1. The average Bonchev–Trinajstić information content (AvgIpc) is 2.61. The van der Waals surface area contributed by atoms with Gasteiger partial charge in [0.2, 0.25) is 0 Å². The van der Waals surface area contributed by atoms with E-state index < -0.39 is 35.3 Å². The van der Waals surface area contributed by atoms with Crippen molar-refractivity contribution in [3.8, 4) is 5.75 Å². The highest BCUT2D eigenvalue weighted by molar-refractivity contribution is 5.96. The topological polar surface area (TPSA) is 108 Å². The van der Waals surface area contributed by atoms with E-state index in [1.54, 1.807) is 0 Å². The second-order valence-electron chi connectivity index (χ2n) is 5.14. The first kappa shape index (κ1) is 18.8. The standard InChI is InChI=1S/C17H15FN2O6/c1-11(17(22)19-14-4-2-3-5-15(14)20(23)24)26-16(21)10-25-13-8-6-12(18)7-9-13/h2-9,11H,10H2,1H3,(H,19,22)/t11-/m1/s1. The maximum atomic E-state index is 12.8. The van der Waals surface area contributed by atoms with Crippen molar-refractivity contribution in [2.24, 2.45) is 0 Å². The lowest BCUT2D eigenvalue weighted by molar-refractivity contribution is -0.383. The van der Waals surface area contributed by atoms with Crippen LogP contribution in [0.4, 0.5) is 15.8 Å². The van der Waals surface area contributed by atoms with E-state index in [0.29, 0.717) is 0 Å². The first-order valence-electron chi connectivity index (χ1n) is 7.49. The fourth-order valence-electron chi connectivity index (χ4n) is 1.93. The molecular formula is C17H15FN2O6. The summed E-state index contributed by atoms with van der Waals surface area (Å²) >= 11 is 0. The molecule has 0 aromatic heterocycles. The minimum Gasteiger partial charge on any atom is -0.482 e. The molecule has 26 heavy (non-hydrogen) atoms. The highest BCUT2D eigenvalue weighted by atomic mass is 19.1. The Morgan fingerprint density at radius 2 is 1.85 bits per heavy atom. The van der Waals surface area contributed by atoms with Crippen molar-refractivity contribution < 1.29 is 28.4 Å². The Balaban J connectivity index is 1.87. The lowest BCUT2D eigenvalue weighted by atomic mass is 10.2. The molecule has 0 fully saturated rings. The molecule has 2 rings (SSSR count). The smallest absolute Gasteiger partial charge is 0.344 e. The van der Waals surface area contributed by atoms with Crippen molar-refractivity contribution in [3.63, 3.8) is 0 Å². The van der Waals surface area contributed by atoms with Gasteiger partial charge < -0.3 is 14.8 Å². The van der Waals surface area contributed by atoms with E-state index in [0.717, 1.165) is 0 Å². The van der Waals surface area contributed by atoms with Crippen LogP contribution >= 0.6 is 0 Å². The second kappa shape index (κ2) is 8.56. The van der Waals surface area contributed by atoms with Crippen molar-refractivity contribution in [3.05, 3.63) is 64.5 Å². The van der Waals surface area contributed by atoms with E-state index in [4.69, 9.17) is 9.47 Å². The zero-order valence-electron chi connectivity index (χ0n) is 13.7. The van der Waals surface area contributed by atoms with E-state index >= 15 is 0 Å². The number of hydrogen-bond donors (Lipinski definition) is 1. The zero-order valence-corrected chi connectivity index (χ0v) is 13.7. The van der Waals surface area contributed by atoms with E-state index in [1.165, 1.54) is 55.5 Å². The van der Waals surface area contributed by atoms with E-state index in [-0.39, 0.29) is 17.1 Å². The molecule has 0 aliphatic rings. The zero-order chi connectivity index (χ0) is 19.1. The second-order valence-corrected chi connectivity index (χ2v) is 5.14. The first-order valence-corrected chi connectivity index (χ1v) is 7.49. The number of para-hydroxylation sites is 2. The van der Waals surface area contributed by atoms with Crippen LogP contribution in [-0.2, 0) is 14.3 Å². The Morgan fingerprint density at radius 1 is 1.19 bits per heavy atom. The van der Waals surface area contributed by atoms with Gasteiger partial charge in [-0.05, 0) is 37.3 Å². The summed E-state index contributed by atoms with van der Waals surface area (Å²) in [6.45, 7) is 0.842. The van der Waals surface area contributed by atoms with Gasteiger partial charge in [0.15, 0.2) is 12.7 Å². The maximum absolute atomic E-state index is 12.8. The summed E-state index contributed by atoms with van der Waals surface area (Å²) in [5, 5.41) is 13.3. The van der Waals surface area contributed by atoms with E-state index in [1.807, 2.05) is 0 Å². The lowest BCUT2D eigenvalue weighted by Crippen LogP contribution is -2.31. The summed E-state index contributed by atoms with van der Waals surface area (Å²) < 4.78 is 22.8. The fraction of sp³-hybridized carbons (Fsp3) is 0.176. The molecule has 0 spiro atoms. The van der Waals surface area contributed by atoms with Gasteiger partial charge in [0.05, 0.1) is 4.92 Å². The van der Waals surface area contributed by atoms with Crippen molar-refractivity contribution in [1.29, 1.82) is 0 Å². The normalized spacial score (nSPS) is 11.3. The van der Waals surface area contributed by atoms with Gasteiger partial charge >= 0.3 is 5.97 Å². The highest BCUT2D eigenvalue weighted by Gasteiger charge is 2.21. The average molecular weight is 362 g/mol. The third kappa shape index (κ3) is 5.26. The van der Waals surface area contributed by atoms with Crippen molar-refractivity contribution in [2.75, 3.05) is 11.9 Å². The number of anilines is 1. The number of nitrogens with zero attached hydrogens (tertiary/aromatic N) is 1. The van der Waals surface area contributed by atoms with Crippen LogP contribution in [0.5, 0.6) is 5.75 Å². The molecule has 0 heterocycles. The Kier molecular flexibility index (Phi) is 6.20. The Morgan fingerprint density at radius 3 is 2.50 bits per heavy atom. The van der Waals surface area contributed by atoms with Gasteiger partial charge in [-0.3, -0.25) is 14.9 Å². The number of ether oxygens (including phenoxy) is 2. The number of nitrogens with one attached hydrogen (secondary N) is 1. The molecular weight excluding hydrogens is 347 g/mol. The number of rotatable bonds is 7. The van der Waals surface area contributed by atoms with Crippen LogP contribution in [0.3, 0.4) is 0 Å². The van der Waals surface area contributed by atoms with Gasteiger partial charge in [-0.1, -0.05) is 12.1 Å². The molecule has 0 unspecified atom stereocenters. The molecule has 0 saturated heterocycles. The van der Waals surface area contributed by atoms with Crippen LogP contribution in [-0.4, -0.2) is 29.5 Å². The van der Waals surface area contributed by atoms with Crippen LogP contribution in [0.2, 0.25) is 0 Å². The number of amides is 1. The third-order valence-electron chi connectivity index (χ3n) is 3.21. The Labute approximate surface area is 147 Å². The predicted molar refractivity (Wildman–Crippen MR) is 89.2 cm³/mol. The number of hydrogen-bond acceptors (Lipinski definition) is 6. The van der Waals surface area contributed by atoms with Gasteiger partial charge in [0.1, 0.15) is 17.3 Å². The lowest BCUT2D eigenvalue weighted by Gasteiger charge is -2.14. The highest BCUT2D eigenvalue weighted by Crippen LogP contribution is 2.23. The van der Waals surface area contributed by atoms with Gasteiger partial charge in [-0.25, -0.2) is 9.18 Å². The summed E-state index contributed by atoms with van der Waals surface area (Å²) in [7, 11) is 0. The fourth-order valence-corrected chi connectivity index (χ4v) is 1.93. The molecule has 0 aliphatic carbocycles. The Hall–Kier alpha value is -3.49. The van der Waals surface area contributed by atoms with Crippen LogP contribution in [0.15, 0.2) is 48.5 Å². The quantitative estimate of drug-likeness (QED) is 0.461. The number of carbonyl (C=O) groups is 2. The molecule has 0 aliphatic heterocycles. The third-order valence-corrected chi connectivity index (χ3v) is 3.21. The maximum Gasteiger partial charge on any atom is 0.344 e. The van der Waals surface area contributed by atoms with Crippen LogP contribution in [0, 0.1) is 15.9 Å². The summed E-state index contributed by atoms with van der Waals surface area (Å²) in [4.78, 5) is 34.0. The molecule has 2 aromatic rings. The molecule has 0 bridgehead atoms. The van der Waals surface area contributed by atoms with Gasteiger partial charge in [0.25, 0.3) is 11.6 Å². The number of halogens is 1. The summed E-state index contributed by atoms with van der Waals surface area (Å²) in [6.07, 6.45) is -1.20. The molecule has 1 amide bonds. The van der Waals surface area contributed by atoms with Gasteiger partial charge in [-0.15, -0.1) is 0 Å². The molecule has 2 aromatic carbocycles. The first-order chi connectivity index (χ1) is 12.4. The van der Waals surface area contributed by atoms with Gasteiger partial charge in [0, 0.05) is 6.07 Å². The molecule has 9 heteroatoms. The molecule has 0 radical (unpaired) electrons. The summed E-state index contributed by atoms with van der Waals surface area (Å²) in [5.41, 5.74) is -0.285. The van der Waals surface area contributed by atoms with E-state index in [9.17, 15) is 24.1 Å².